The zero-order valence-electron chi connectivity index (χ0n) is 6.41. The summed E-state index contributed by atoms with van der Waals surface area (Å²) in [6, 6.07) is 0. The van der Waals surface area contributed by atoms with Crippen molar-refractivity contribution in [3.05, 3.63) is 11.6 Å². The second-order valence-corrected chi connectivity index (χ2v) is 3.69. The molecule has 0 atom stereocenters. The van der Waals surface area contributed by atoms with Crippen LogP contribution in [0.1, 0.15) is 38.5 Å². The summed E-state index contributed by atoms with van der Waals surface area (Å²) in [6.45, 7) is 0. The van der Waals surface area contributed by atoms with Crippen molar-refractivity contribution in [2.75, 3.05) is 5.33 Å². The van der Waals surface area contributed by atoms with Crippen molar-refractivity contribution >= 4 is 15.9 Å². The van der Waals surface area contributed by atoms with E-state index in [4.69, 9.17) is 0 Å². The average Bonchev–Trinajstić information content (AvgIpc) is 2.41. The number of unbranched alkanes of at least 4 members (excludes halogenated alkanes) is 1. The number of allylic oxidation sites excluding steroid dienone is 2. The zero-order chi connectivity index (χ0) is 7.23. The lowest BCUT2D eigenvalue weighted by Gasteiger charge is -1.98. The van der Waals surface area contributed by atoms with E-state index in [-0.39, 0.29) is 0 Å². The van der Waals surface area contributed by atoms with Gasteiger partial charge in [-0.3, -0.25) is 0 Å². The molecule has 0 bridgehead atoms. The molecule has 0 heterocycles. The minimum atomic E-state index is 1.17. The van der Waals surface area contributed by atoms with Gasteiger partial charge in [-0.1, -0.05) is 27.6 Å². The lowest BCUT2D eigenvalue weighted by Crippen LogP contribution is -1.80. The number of halogens is 1. The molecule has 0 amide bonds. The average molecular weight is 203 g/mol. The fraction of sp³-hybridized carbons (Fsp3) is 0.778. The highest BCUT2D eigenvalue weighted by molar-refractivity contribution is 9.09. The standard InChI is InChI=1S/C9H15Br/c10-8-4-3-7-9-5-1-2-6-9/h5H,1-4,6-8H2. The Morgan fingerprint density at radius 1 is 1.40 bits per heavy atom. The maximum Gasteiger partial charge on any atom is 0.00314 e. The zero-order valence-corrected chi connectivity index (χ0v) is 7.99. The van der Waals surface area contributed by atoms with Crippen LogP contribution in [0.25, 0.3) is 0 Å². The van der Waals surface area contributed by atoms with Crippen LogP contribution in [0.15, 0.2) is 11.6 Å². The first kappa shape index (κ1) is 8.32. The van der Waals surface area contributed by atoms with Crippen LogP contribution < -0.4 is 0 Å². The van der Waals surface area contributed by atoms with Crippen LogP contribution in [-0.4, -0.2) is 5.33 Å². The summed E-state index contributed by atoms with van der Waals surface area (Å²) in [6.07, 6.45) is 10.6. The Kier molecular flexibility index (Phi) is 4.12. The van der Waals surface area contributed by atoms with Crippen LogP contribution >= 0.6 is 15.9 Å². The minimum absolute atomic E-state index is 1.17. The van der Waals surface area contributed by atoms with Crippen LogP contribution in [0.2, 0.25) is 0 Å². The van der Waals surface area contributed by atoms with Crippen LogP contribution in [-0.2, 0) is 0 Å². The first-order chi connectivity index (χ1) is 4.93. The van der Waals surface area contributed by atoms with Gasteiger partial charge in [0.15, 0.2) is 0 Å². The van der Waals surface area contributed by atoms with E-state index < -0.39 is 0 Å². The van der Waals surface area contributed by atoms with Crippen molar-refractivity contribution in [3.8, 4) is 0 Å². The molecule has 1 aliphatic rings. The van der Waals surface area contributed by atoms with E-state index in [9.17, 15) is 0 Å². The Bertz CT molecular complexity index is 116. The molecule has 1 heteroatoms. The summed E-state index contributed by atoms with van der Waals surface area (Å²) < 4.78 is 0. The fourth-order valence-corrected chi connectivity index (χ4v) is 1.81. The highest BCUT2D eigenvalue weighted by atomic mass is 79.9. The summed E-state index contributed by atoms with van der Waals surface area (Å²) in [5.41, 5.74) is 1.71. The Morgan fingerprint density at radius 3 is 2.90 bits per heavy atom. The molecular weight excluding hydrogens is 188 g/mol. The second-order valence-electron chi connectivity index (χ2n) is 2.90. The summed E-state index contributed by atoms with van der Waals surface area (Å²) in [4.78, 5) is 0. The maximum atomic E-state index is 3.44. The third-order valence-electron chi connectivity index (χ3n) is 2.02. The van der Waals surface area contributed by atoms with Gasteiger partial charge in [0.2, 0.25) is 0 Å². The van der Waals surface area contributed by atoms with Crippen molar-refractivity contribution in [1.82, 2.24) is 0 Å². The van der Waals surface area contributed by atoms with E-state index in [1.54, 1.807) is 5.57 Å². The van der Waals surface area contributed by atoms with Crippen molar-refractivity contribution in [2.45, 2.75) is 38.5 Å². The second kappa shape index (κ2) is 4.95. The van der Waals surface area contributed by atoms with E-state index in [1.165, 1.54) is 43.9 Å². The van der Waals surface area contributed by atoms with Gasteiger partial charge in [-0.2, -0.15) is 0 Å². The summed E-state index contributed by atoms with van der Waals surface area (Å²) >= 11 is 3.44. The Labute approximate surface area is 71.8 Å². The molecule has 0 saturated heterocycles. The van der Waals surface area contributed by atoms with Gasteiger partial charge in [0, 0.05) is 5.33 Å². The van der Waals surface area contributed by atoms with E-state index in [2.05, 4.69) is 22.0 Å². The van der Waals surface area contributed by atoms with E-state index in [0.29, 0.717) is 0 Å². The fourth-order valence-electron chi connectivity index (χ4n) is 1.41. The molecule has 0 saturated carbocycles. The largest absolute Gasteiger partial charge is 0.0928 e. The lowest BCUT2D eigenvalue weighted by atomic mass is 10.1. The molecule has 0 spiro atoms. The molecule has 1 rings (SSSR count). The topological polar surface area (TPSA) is 0 Å². The lowest BCUT2D eigenvalue weighted by molar-refractivity contribution is 0.768. The van der Waals surface area contributed by atoms with Crippen molar-refractivity contribution < 1.29 is 0 Å². The number of alkyl halides is 1. The van der Waals surface area contributed by atoms with Crippen molar-refractivity contribution in [2.24, 2.45) is 0 Å². The number of hydrogen-bond donors (Lipinski definition) is 0. The molecule has 0 N–H and O–H groups in total. The van der Waals surface area contributed by atoms with Gasteiger partial charge >= 0.3 is 0 Å². The van der Waals surface area contributed by atoms with Gasteiger partial charge in [0.25, 0.3) is 0 Å². The SMILES string of the molecule is BrCCCCC1=CCCC1. The molecule has 0 nitrogen and oxygen atoms in total. The van der Waals surface area contributed by atoms with Crippen molar-refractivity contribution in [3.63, 3.8) is 0 Å². The van der Waals surface area contributed by atoms with E-state index >= 15 is 0 Å². The number of hydrogen-bond acceptors (Lipinski definition) is 0. The molecule has 10 heavy (non-hydrogen) atoms. The molecule has 0 aromatic rings. The quantitative estimate of drug-likeness (QED) is 0.371. The predicted molar refractivity (Wildman–Crippen MR) is 49.6 cm³/mol. The first-order valence-corrected chi connectivity index (χ1v) is 5.29. The molecule has 0 unspecified atom stereocenters. The van der Waals surface area contributed by atoms with E-state index in [0.717, 1.165) is 0 Å². The van der Waals surface area contributed by atoms with E-state index in [1.807, 2.05) is 0 Å². The summed E-state index contributed by atoms with van der Waals surface area (Å²) in [5.74, 6) is 0. The van der Waals surface area contributed by atoms with Gasteiger partial charge in [-0.25, -0.2) is 0 Å². The van der Waals surface area contributed by atoms with Gasteiger partial charge in [0.05, 0.1) is 0 Å². The van der Waals surface area contributed by atoms with Gasteiger partial charge in [0.1, 0.15) is 0 Å². The van der Waals surface area contributed by atoms with Crippen molar-refractivity contribution in [1.29, 1.82) is 0 Å². The Morgan fingerprint density at radius 2 is 2.30 bits per heavy atom. The number of rotatable bonds is 4. The summed E-state index contributed by atoms with van der Waals surface area (Å²) in [7, 11) is 0. The third kappa shape index (κ3) is 2.87. The molecule has 0 fully saturated rings. The Hall–Kier alpha value is 0.220. The molecular formula is C9H15Br. The Balaban J connectivity index is 2.01. The summed E-state index contributed by atoms with van der Waals surface area (Å²) in [5, 5.41) is 1.17. The molecule has 0 aliphatic heterocycles. The van der Waals surface area contributed by atoms with Gasteiger partial charge < -0.3 is 0 Å². The molecule has 0 radical (unpaired) electrons. The highest BCUT2D eigenvalue weighted by Crippen LogP contribution is 2.22. The van der Waals surface area contributed by atoms with Crippen LogP contribution in [0.3, 0.4) is 0 Å². The maximum absolute atomic E-state index is 3.44. The molecule has 58 valence electrons. The minimum Gasteiger partial charge on any atom is -0.0928 e. The first-order valence-electron chi connectivity index (χ1n) is 4.17. The molecule has 0 aromatic heterocycles. The smallest absolute Gasteiger partial charge is 0.00314 e. The van der Waals surface area contributed by atoms with Gasteiger partial charge in [-0.05, 0) is 38.5 Å². The predicted octanol–water partition coefficient (Wildman–Crippen LogP) is 3.66. The van der Waals surface area contributed by atoms with Gasteiger partial charge in [-0.15, -0.1) is 0 Å². The molecule has 0 aromatic carbocycles. The van der Waals surface area contributed by atoms with Crippen LogP contribution in [0.4, 0.5) is 0 Å². The van der Waals surface area contributed by atoms with Crippen LogP contribution in [0, 0.1) is 0 Å². The highest BCUT2D eigenvalue weighted by Gasteiger charge is 2.02. The monoisotopic (exact) mass is 202 g/mol. The molecule has 1 aliphatic carbocycles. The third-order valence-corrected chi connectivity index (χ3v) is 2.58. The van der Waals surface area contributed by atoms with Crippen LogP contribution in [0.5, 0.6) is 0 Å². The normalized spacial score (nSPS) is 17.5.